The number of para-hydroxylation sites is 1. The minimum atomic E-state index is -0.562. The number of hydrogen-bond donors (Lipinski definition) is 2. The first-order chi connectivity index (χ1) is 10.1. The van der Waals surface area contributed by atoms with Crippen LogP contribution in [0.1, 0.15) is 35.7 Å². The van der Waals surface area contributed by atoms with Gasteiger partial charge in [0, 0.05) is 0 Å². The van der Waals surface area contributed by atoms with Crippen molar-refractivity contribution in [1.29, 1.82) is 0 Å². The molecule has 1 amide bonds. The summed E-state index contributed by atoms with van der Waals surface area (Å²) in [5.74, 6) is 0.559. The fraction of sp³-hybridized carbons (Fsp3) is 0.235. The van der Waals surface area contributed by atoms with Gasteiger partial charge in [-0.15, -0.1) is 0 Å². The van der Waals surface area contributed by atoms with Gasteiger partial charge in [-0.05, 0) is 42.7 Å². The second kappa shape index (κ2) is 6.79. The number of aryl methyl sites for hydroxylation is 1. The lowest BCUT2D eigenvalue weighted by atomic mass is 10.1. The van der Waals surface area contributed by atoms with Crippen LogP contribution in [-0.4, -0.2) is 5.91 Å². The summed E-state index contributed by atoms with van der Waals surface area (Å²) in [5, 5.41) is 0. The first-order valence-electron chi connectivity index (χ1n) is 7.07. The lowest BCUT2D eigenvalue weighted by Gasteiger charge is -2.11. The molecule has 0 bridgehead atoms. The Morgan fingerprint density at radius 3 is 2.48 bits per heavy atom. The molecular formula is C17H20N2O2. The lowest BCUT2D eigenvalue weighted by Crippen LogP contribution is -2.13. The van der Waals surface area contributed by atoms with Crippen LogP contribution in [0.15, 0.2) is 42.5 Å². The minimum absolute atomic E-state index is 0.264. The van der Waals surface area contributed by atoms with Crippen LogP contribution in [0.3, 0.4) is 0 Å². The van der Waals surface area contributed by atoms with Gasteiger partial charge < -0.3 is 16.2 Å². The SMILES string of the molecule is CCCCc1ccc(Oc2cccc(C(N)=O)c2N)cc1. The Morgan fingerprint density at radius 2 is 1.86 bits per heavy atom. The standard InChI is InChI=1S/C17H20N2O2/c1-2-3-5-12-8-10-13(11-9-12)21-15-7-4-6-14(16(15)18)17(19)20/h4,6-11H,2-3,5,18H2,1H3,(H2,19,20). The van der Waals surface area contributed by atoms with Crippen molar-refractivity contribution in [1.82, 2.24) is 0 Å². The van der Waals surface area contributed by atoms with Crippen molar-refractivity contribution < 1.29 is 9.53 Å². The van der Waals surface area contributed by atoms with Gasteiger partial charge in [-0.1, -0.05) is 31.5 Å². The van der Waals surface area contributed by atoms with Gasteiger partial charge in [0.1, 0.15) is 5.75 Å². The molecule has 4 nitrogen and oxygen atoms in total. The summed E-state index contributed by atoms with van der Waals surface area (Å²) in [4.78, 5) is 11.3. The highest BCUT2D eigenvalue weighted by molar-refractivity contribution is 5.99. The molecule has 110 valence electrons. The molecule has 0 aliphatic rings. The number of anilines is 1. The molecule has 0 radical (unpaired) electrons. The van der Waals surface area contributed by atoms with Gasteiger partial charge in [-0.3, -0.25) is 4.79 Å². The Balaban J connectivity index is 2.15. The molecule has 0 aliphatic heterocycles. The van der Waals surface area contributed by atoms with Crippen LogP contribution in [0.4, 0.5) is 5.69 Å². The van der Waals surface area contributed by atoms with E-state index in [0.717, 1.165) is 6.42 Å². The average molecular weight is 284 g/mol. The van der Waals surface area contributed by atoms with Gasteiger partial charge in [-0.2, -0.15) is 0 Å². The average Bonchev–Trinajstić information content (AvgIpc) is 2.48. The van der Waals surface area contributed by atoms with Crippen LogP contribution in [0, 0.1) is 0 Å². The predicted octanol–water partition coefficient (Wildman–Crippen LogP) is 3.50. The summed E-state index contributed by atoms with van der Waals surface area (Å²) in [6.07, 6.45) is 3.42. The predicted molar refractivity (Wildman–Crippen MR) is 84.5 cm³/mol. The number of primary amides is 1. The van der Waals surface area contributed by atoms with Crippen molar-refractivity contribution in [3.63, 3.8) is 0 Å². The van der Waals surface area contributed by atoms with E-state index in [1.807, 2.05) is 24.3 Å². The number of rotatable bonds is 6. The van der Waals surface area contributed by atoms with E-state index in [0.29, 0.717) is 11.5 Å². The second-order valence-electron chi connectivity index (χ2n) is 4.93. The molecule has 4 N–H and O–H groups in total. The highest BCUT2D eigenvalue weighted by Crippen LogP contribution is 2.30. The molecule has 2 aromatic rings. The molecule has 0 heterocycles. The van der Waals surface area contributed by atoms with Crippen molar-refractivity contribution in [3.8, 4) is 11.5 Å². The Morgan fingerprint density at radius 1 is 1.14 bits per heavy atom. The number of carbonyl (C=O) groups is 1. The number of nitrogens with two attached hydrogens (primary N) is 2. The number of hydrogen-bond acceptors (Lipinski definition) is 3. The van der Waals surface area contributed by atoms with Gasteiger partial charge in [0.05, 0.1) is 11.3 Å². The summed E-state index contributed by atoms with van der Waals surface area (Å²) in [7, 11) is 0. The molecule has 0 saturated heterocycles. The summed E-state index contributed by atoms with van der Waals surface area (Å²) in [6, 6.07) is 12.9. The van der Waals surface area contributed by atoms with E-state index in [1.165, 1.54) is 18.4 Å². The monoisotopic (exact) mass is 284 g/mol. The van der Waals surface area contributed by atoms with Crippen LogP contribution in [0.25, 0.3) is 0 Å². The van der Waals surface area contributed by atoms with Crippen LogP contribution < -0.4 is 16.2 Å². The van der Waals surface area contributed by atoms with E-state index in [1.54, 1.807) is 18.2 Å². The Labute approximate surface area is 124 Å². The zero-order valence-electron chi connectivity index (χ0n) is 12.1. The summed E-state index contributed by atoms with van der Waals surface area (Å²) in [5.41, 5.74) is 13.0. The van der Waals surface area contributed by atoms with E-state index in [4.69, 9.17) is 16.2 Å². The van der Waals surface area contributed by atoms with Gasteiger partial charge in [0.2, 0.25) is 0 Å². The second-order valence-corrected chi connectivity index (χ2v) is 4.93. The third-order valence-electron chi connectivity index (χ3n) is 3.30. The number of nitrogen functional groups attached to an aromatic ring is 1. The number of ether oxygens (including phenoxy) is 1. The quantitative estimate of drug-likeness (QED) is 0.797. The van der Waals surface area contributed by atoms with Crippen LogP contribution in [0.2, 0.25) is 0 Å². The number of unbranched alkanes of at least 4 members (excludes halogenated alkanes) is 1. The zero-order valence-corrected chi connectivity index (χ0v) is 12.1. The van der Waals surface area contributed by atoms with E-state index in [-0.39, 0.29) is 11.3 Å². The Kier molecular flexibility index (Phi) is 4.82. The van der Waals surface area contributed by atoms with Gasteiger partial charge in [0.25, 0.3) is 5.91 Å². The highest BCUT2D eigenvalue weighted by Gasteiger charge is 2.11. The summed E-state index contributed by atoms with van der Waals surface area (Å²) >= 11 is 0. The first-order valence-corrected chi connectivity index (χ1v) is 7.07. The van der Waals surface area contributed by atoms with Crippen molar-refractivity contribution in [3.05, 3.63) is 53.6 Å². The molecule has 0 unspecified atom stereocenters. The van der Waals surface area contributed by atoms with E-state index in [9.17, 15) is 4.79 Å². The van der Waals surface area contributed by atoms with Gasteiger partial charge in [0.15, 0.2) is 5.75 Å². The Bertz CT molecular complexity index is 621. The van der Waals surface area contributed by atoms with Gasteiger partial charge in [-0.25, -0.2) is 0 Å². The van der Waals surface area contributed by atoms with E-state index >= 15 is 0 Å². The molecule has 2 aromatic carbocycles. The largest absolute Gasteiger partial charge is 0.455 e. The summed E-state index contributed by atoms with van der Waals surface area (Å²) < 4.78 is 5.73. The van der Waals surface area contributed by atoms with Gasteiger partial charge >= 0.3 is 0 Å². The number of benzene rings is 2. The fourth-order valence-corrected chi connectivity index (χ4v) is 2.08. The maximum absolute atomic E-state index is 11.3. The van der Waals surface area contributed by atoms with Crippen LogP contribution in [0.5, 0.6) is 11.5 Å². The Hall–Kier alpha value is -2.49. The smallest absolute Gasteiger partial charge is 0.250 e. The lowest BCUT2D eigenvalue weighted by molar-refractivity contribution is 0.100. The normalized spacial score (nSPS) is 10.3. The molecule has 0 spiro atoms. The van der Waals surface area contributed by atoms with Crippen molar-refractivity contribution >= 4 is 11.6 Å². The first kappa shape index (κ1) is 14.9. The van der Waals surface area contributed by atoms with E-state index in [2.05, 4.69) is 6.92 Å². The maximum atomic E-state index is 11.3. The molecule has 0 saturated carbocycles. The topological polar surface area (TPSA) is 78.3 Å². The zero-order chi connectivity index (χ0) is 15.2. The maximum Gasteiger partial charge on any atom is 0.250 e. The molecule has 2 rings (SSSR count). The minimum Gasteiger partial charge on any atom is -0.455 e. The molecule has 21 heavy (non-hydrogen) atoms. The third kappa shape index (κ3) is 3.75. The highest BCUT2D eigenvalue weighted by atomic mass is 16.5. The molecule has 0 atom stereocenters. The molecule has 0 fully saturated rings. The summed E-state index contributed by atoms with van der Waals surface area (Å²) in [6.45, 7) is 2.17. The van der Waals surface area contributed by atoms with Crippen molar-refractivity contribution in [2.45, 2.75) is 26.2 Å². The van der Waals surface area contributed by atoms with Crippen LogP contribution in [-0.2, 0) is 6.42 Å². The third-order valence-corrected chi connectivity index (χ3v) is 3.30. The fourth-order valence-electron chi connectivity index (χ4n) is 2.08. The van der Waals surface area contributed by atoms with Crippen molar-refractivity contribution in [2.75, 3.05) is 5.73 Å². The molecular weight excluding hydrogens is 264 g/mol. The van der Waals surface area contributed by atoms with Crippen LogP contribution >= 0.6 is 0 Å². The number of amides is 1. The molecule has 0 aliphatic carbocycles. The van der Waals surface area contributed by atoms with E-state index < -0.39 is 5.91 Å². The van der Waals surface area contributed by atoms with Crippen molar-refractivity contribution in [2.24, 2.45) is 5.73 Å². The molecule has 0 aromatic heterocycles. The molecule has 4 heteroatoms. The number of carbonyl (C=O) groups excluding carboxylic acids is 1.